The first-order valence-electron chi connectivity index (χ1n) is 6.14. The number of benzene rings is 1. The fourth-order valence-electron chi connectivity index (χ4n) is 1.40. The third kappa shape index (κ3) is 3.97. The lowest BCUT2D eigenvalue weighted by atomic mass is 9.94. The van der Waals surface area contributed by atoms with E-state index >= 15 is 0 Å². The number of hydrogen-bond donors (Lipinski definition) is 2. The minimum atomic E-state index is -0.850. The molecular formula is C14H22BrNO2. The van der Waals surface area contributed by atoms with E-state index in [2.05, 4.69) is 15.9 Å². The van der Waals surface area contributed by atoms with Crippen molar-refractivity contribution < 1.29 is 9.84 Å². The second-order valence-corrected chi connectivity index (χ2v) is 6.19. The average molecular weight is 316 g/mol. The highest BCUT2D eigenvalue weighted by atomic mass is 79.9. The lowest BCUT2D eigenvalue weighted by Gasteiger charge is -2.28. The fraction of sp³-hybridized carbons (Fsp3) is 0.571. The van der Waals surface area contributed by atoms with Gasteiger partial charge >= 0.3 is 0 Å². The molecule has 0 aromatic heterocycles. The van der Waals surface area contributed by atoms with Crippen molar-refractivity contribution in [1.29, 1.82) is 0 Å². The van der Waals surface area contributed by atoms with E-state index in [-0.39, 0.29) is 18.6 Å². The Morgan fingerprint density at radius 2 is 2.00 bits per heavy atom. The molecule has 0 aliphatic rings. The van der Waals surface area contributed by atoms with Crippen LogP contribution in [0.5, 0.6) is 5.75 Å². The summed E-state index contributed by atoms with van der Waals surface area (Å²) in [5.74, 6) is 0.851. The first kappa shape index (κ1) is 15.5. The molecule has 0 aliphatic heterocycles. The van der Waals surface area contributed by atoms with E-state index in [1.165, 1.54) is 0 Å². The zero-order valence-corrected chi connectivity index (χ0v) is 13.0. The molecule has 1 aromatic carbocycles. The first-order chi connectivity index (χ1) is 8.24. The molecule has 0 aliphatic carbocycles. The highest BCUT2D eigenvalue weighted by Gasteiger charge is 2.26. The highest BCUT2D eigenvalue weighted by Crippen LogP contribution is 2.29. The quantitative estimate of drug-likeness (QED) is 0.877. The number of rotatable bonds is 5. The maximum atomic E-state index is 10.2. The molecule has 0 saturated carbocycles. The van der Waals surface area contributed by atoms with Crippen LogP contribution in [0.1, 0.15) is 39.3 Å². The summed E-state index contributed by atoms with van der Waals surface area (Å²) >= 11 is 3.41. The average Bonchev–Trinajstić information content (AvgIpc) is 2.26. The van der Waals surface area contributed by atoms with Gasteiger partial charge in [-0.25, -0.2) is 0 Å². The summed E-state index contributed by atoms with van der Waals surface area (Å²) in [5.41, 5.74) is 6.00. The molecule has 0 bridgehead atoms. The molecule has 3 nitrogen and oxygen atoms in total. The summed E-state index contributed by atoms with van der Waals surface area (Å²) in [4.78, 5) is 0. The molecule has 4 heteroatoms. The predicted octanol–water partition coefficient (Wildman–Crippen LogP) is 3.25. The largest absolute Gasteiger partial charge is 0.490 e. The Hall–Kier alpha value is -0.580. The van der Waals surface area contributed by atoms with Crippen molar-refractivity contribution in [3.05, 3.63) is 28.2 Å². The Labute approximate surface area is 117 Å². The van der Waals surface area contributed by atoms with Gasteiger partial charge in [0.05, 0.1) is 5.60 Å². The van der Waals surface area contributed by atoms with Gasteiger partial charge in [0.25, 0.3) is 0 Å². The molecule has 2 atom stereocenters. The Kier molecular flexibility index (Phi) is 5.20. The summed E-state index contributed by atoms with van der Waals surface area (Å²) in [5, 5.41) is 10.2. The Morgan fingerprint density at radius 3 is 2.50 bits per heavy atom. The maximum Gasteiger partial charge on any atom is 0.125 e. The van der Waals surface area contributed by atoms with Crippen LogP contribution in [-0.2, 0) is 0 Å². The minimum absolute atomic E-state index is 0.0999. The summed E-state index contributed by atoms with van der Waals surface area (Å²) in [7, 11) is 0. The Bertz CT molecular complexity index is 403. The molecule has 0 spiro atoms. The molecule has 0 fully saturated rings. The maximum absolute atomic E-state index is 10.2. The molecule has 1 aromatic rings. The number of ether oxygens (including phenoxy) is 1. The van der Waals surface area contributed by atoms with Gasteiger partial charge in [0.1, 0.15) is 12.4 Å². The second kappa shape index (κ2) is 6.04. The molecule has 0 amide bonds. The van der Waals surface area contributed by atoms with Crippen LogP contribution in [0.2, 0.25) is 0 Å². The van der Waals surface area contributed by atoms with Crippen LogP contribution in [0, 0.1) is 5.92 Å². The molecule has 0 saturated heterocycles. The molecule has 0 heterocycles. The van der Waals surface area contributed by atoms with Gasteiger partial charge in [-0.2, -0.15) is 0 Å². The standard InChI is InChI=1S/C14H22BrNO2/c1-9(2)14(4,17)8-18-13-7-11(15)5-6-12(13)10(3)16/h5-7,9-10,17H,8,16H2,1-4H3/t10-,14?/m1/s1. The van der Waals surface area contributed by atoms with Crippen molar-refractivity contribution in [2.45, 2.75) is 39.3 Å². The predicted molar refractivity (Wildman–Crippen MR) is 77.7 cm³/mol. The van der Waals surface area contributed by atoms with Gasteiger partial charge in [0, 0.05) is 16.1 Å². The second-order valence-electron chi connectivity index (χ2n) is 5.27. The molecule has 102 valence electrons. The van der Waals surface area contributed by atoms with Crippen molar-refractivity contribution in [3.8, 4) is 5.75 Å². The van der Waals surface area contributed by atoms with Crippen molar-refractivity contribution in [2.75, 3.05) is 6.61 Å². The molecule has 3 N–H and O–H groups in total. The molecule has 1 unspecified atom stereocenters. The Balaban J connectivity index is 2.87. The molecular weight excluding hydrogens is 294 g/mol. The first-order valence-corrected chi connectivity index (χ1v) is 6.93. The normalized spacial score (nSPS) is 16.4. The third-order valence-electron chi connectivity index (χ3n) is 3.23. The van der Waals surface area contributed by atoms with E-state index in [4.69, 9.17) is 10.5 Å². The van der Waals surface area contributed by atoms with Crippen molar-refractivity contribution in [2.24, 2.45) is 11.7 Å². The molecule has 1 rings (SSSR count). The van der Waals surface area contributed by atoms with Crippen LogP contribution >= 0.6 is 15.9 Å². The monoisotopic (exact) mass is 315 g/mol. The van der Waals surface area contributed by atoms with Crippen LogP contribution in [0.4, 0.5) is 0 Å². The van der Waals surface area contributed by atoms with Crippen LogP contribution in [0.15, 0.2) is 22.7 Å². The van der Waals surface area contributed by atoms with Crippen molar-refractivity contribution >= 4 is 15.9 Å². The number of hydrogen-bond acceptors (Lipinski definition) is 3. The number of aliphatic hydroxyl groups is 1. The number of halogens is 1. The zero-order valence-electron chi connectivity index (χ0n) is 11.4. The fourth-order valence-corrected chi connectivity index (χ4v) is 1.74. The number of nitrogens with two attached hydrogens (primary N) is 1. The van der Waals surface area contributed by atoms with E-state index < -0.39 is 5.60 Å². The highest BCUT2D eigenvalue weighted by molar-refractivity contribution is 9.10. The lowest BCUT2D eigenvalue weighted by molar-refractivity contribution is -0.0269. The van der Waals surface area contributed by atoms with Crippen LogP contribution in [-0.4, -0.2) is 17.3 Å². The van der Waals surface area contributed by atoms with Gasteiger partial charge < -0.3 is 15.6 Å². The van der Waals surface area contributed by atoms with Crippen molar-refractivity contribution in [1.82, 2.24) is 0 Å². The van der Waals surface area contributed by atoms with E-state index in [9.17, 15) is 5.11 Å². The van der Waals surface area contributed by atoms with Crippen LogP contribution < -0.4 is 10.5 Å². The molecule has 0 radical (unpaired) electrons. The van der Waals surface area contributed by atoms with E-state index in [0.29, 0.717) is 0 Å². The summed E-state index contributed by atoms with van der Waals surface area (Å²) in [6.07, 6.45) is 0. The Morgan fingerprint density at radius 1 is 1.39 bits per heavy atom. The van der Waals surface area contributed by atoms with Gasteiger partial charge in [0.2, 0.25) is 0 Å². The summed E-state index contributed by atoms with van der Waals surface area (Å²) in [6, 6.07) is 5.66. The van der Waals surface area contributed by atoms with Gasteiger partial charge in [-0.3, -0.25) is 0 Å². The van der Waals surface area contributed by atoms with Crippen LogP contribution in [0.3, 0.4) is 0 Å². The van der Waals surface area contributed by atoms with E-state index in [0.717, 1.165) is 15.8 Å². The topological polar surface area (TPSA) is 55.5 Å². The van der Waals surface area contributed by atoms with Crippen LogP contribution in [0.25, 0.3) is 0 Å². The zero-order chi connectivity index (χ0) is 13.9. The smallest absolute Gasteiger partial charge is 0.125 e. The van der Waals surface area contributed by atoms with Gasteiger partial charge in [-0.15, -0.1) is 0 Å². The minimum Gasteiger partial charge on any atom is -0.490 e. The lowest BCUT2D eigenvalue weighted by Crippen LogP contribution is -2.38. The van der Waals surface area contributed by atoms with E-state index in [1.807, 2.05) is 39.0 Å². The molecule has 18 heavy (non-hydrogen) atoms. The van der Waals surface area contributed by atoms with E-state index in [1.54, 1.807) is 6.92 Å². The van der Waals surface area contributed by atoms with Gasteiger partial charge in [-0.1, -0.05) is 35.8 Å². The third-order valence-corrected chi connectivity index (χ3v) is 3.72. The summed E-state index contributed by atoms with van der Waals surface area (Å²) < 4.78 is 6.68. The summed E-state index contributed by atoms with van der Waals surface area (Å²) in [6.45, 7) is 7.88. The van der Waals surface area contributed by atoms with Gasteiger partial charge in [0.15, 0.2) is 0 Å². The SMILES string of the molecule is CC(C)C(C)(O)COc1cc(Br)ccc1[C@@H](C)N. The van der Waals surface area contributed by atoms with Gasteiger partial charge in [-0.05, 0) is 31.9 Å². The van der Waals surface area contributed by atoms with Crippen molar-refractivity contribution in [3.63, 3.8) is 0 Å².